The Morgan fingerprint density at radius 3 is 1.41 bits per heavy atom. The van der Waals surface area contributed by atoms with E-state index in [0.29, 0.717) is 5.78 Å². The number of hydrogen-bond donors (Lipinski definition) is 0. The van der Waals surface area contributed by atoms with Crippen LogP contribution in [0.5, 0.6) is 0 Å². The number of piperidine rings is 2. The van der Waals surface area contributed by atoms with Crippen molar-refractivity contribution in [3.05, 3.63) is 0 Å². The highest BCUT2D eigenvalue weighted by Crippen LogP contribution is 2.41. The van der Waals surface area contributed by atoms with Gasteiger partial charge in [-0.2, -0.15) is 0 Å². The van der Waals surface area contributed by atoms with Crippen molar-refractivity contribution in [1.29, 1.82) is 0 Å². The lowest BCUT2D eigenvalue weighted by atomic mass is 9.83. The summed E-state index contributed by atoms with van der Waals surface area (Å²) in [5, 5.41) is 0. The van der Waals surface area contributed by atoms with Gasteiger partial charge in [0.05, 0.1) is 26.2 Å². The molecule has 0 radical (unpaired) electrons. The Hall–Kier alpha value is -0.410. The molecule has 3 heteroatoms. The second-order valence-corrected chi connectivity index (χ2v) is 8.73. The molecule has 4 aliphatic rings. The number of Topliss-reactive ketones (excluding diaryl/α,β-unsaturated/α-hetero) is 1. The maximum Gasteiger partial charge on any atom is 0.240 e. The molecule has 3 aliphatic heterocycles. The second-order valence-electron chi connectivity index (χ2n) is 8.73. The van der Waals surface area contributed by atoms with Gasteiger partial charge in [0.25, 0.3) is 0 Å². The van der Waals surface area contributed by atoms with E-state index in [-0.39, 0.29) is 0 Å². The summed E-state index contributed by atoms with van der Waals surface area (Å²) in [5.74, 6) is 0.596. The van der Waals surface area contributed by atoms with Crippen LogP contribution in [0, 0.1) is 0 Å². The quantitative estimate of drug-likeness (QED) is 0.629. The van der Waals surface area contributed by atoms with Crippen LogP contribution in [0.1, 0.15) is 64.2 Å². The molecule has 0 aromatic rings. The van der Waals surface area contributed by atoms with Crippen LogP contribution in [0.25, 0.3) is 0 Å². The van der Waals surface area contributed by atoms with E-state index in [1.165, 1.54) is 99.4 Å². The number of quaternary nitrogens is 2. The summed E-state index contributed by atoms with van der Waals surface area (Å²) in [6, 6.07) is 1.61. The van der Waals surface area contributed by atoms with Gasteiger partial charge in [-0.1, -0.05) is 0 Å². The molecule has 22 heavy (non-hydrogen) atoms. The summed E-state index contributed by atoms with van der Waals surface area (Å²) < 4.78 is 2.40. The van der Waals surface area contributed by atoms with Gasteiger partial charge in [0.1, 0.15) is 25.2 Å². The van der Waals surface area contributed by atoms with Crippen molar-refractivity contribution in [2.24, 2.45) is 0 Å². The molecule has 2 atom stereocenters. The van der Waals surface area contributed by atoms with E-state index in [1.54, 1.807) is 0 Å². The first-order valence-corrected chi connectivity index (χ1v) is 9.97. The lowest BCUT2D eigenvalue weighted by Crippen LogP contribution is -2.69. The van der Waals surface area contributed by atoms with Crippen molar-refractivity contribution >= 4 is 5.78 Å². The number of ketones is 1. The summed E-state index contributed by atoms with van der Waals surface area (Å²) in [6.45, 7) is 6.95. The second kappa shape index (κ2) is 5.90. The van der Waals surface area contributed by atoms with E-state index in [4.69, 9.17) is 0 Å². The van der Waals surface area contributed by atoms with E-state index in [0.717, 1.165) is 25.2 Å². The van der Waals surface area contributed by atoms with Crippen molar-refractivity contribution in [2.75, 3.05) is 39.3 Å². The van der Waals surface area contributed by atoms with Gasteiger partial charge in [-0.3, -0.25) is 4.79 Å². The minimum absolute atomic E-state index is 0.596. The molecule has 1 saturated carbocycles. The van der Waals surface area contributed by atoms with Gasteiger partial charge in [0, 0.05) is 12.8 Å². The third kappa shape index (κ3) is 2.45. The van der Waals surface area contributed by atoms with Crippen LogP contribution in [-0.2, 0) is 4.79 Å². The zero-order chi connectivity index (χ0) is 15.0. The fraction of sp³-hybridized carbons (Fsp3) is 0.947. The first kappa shape index (κ1) is 15.1. The highest BCUT2D eigenvalue weighted by atomic mass is 16.1. The Morgan fingerprint density at radius 2 is 1.00 bits per heavy atom. The topological polar surface area (TPSA) is 17.1 Å². The van der Waals surface area contributed by atoms with Crippen molar-refractivity contribution in [2.45, 2.75) is 76.3 Å². The molecule has 1 aliphatic carbocycles. The van der Waals surface area contributed by atoms with Gasteiger partial charge in [-0.05, 0) is 51.4 Å². The van der Waals surface area contributed by atoms with E-state index in [2.05, 4.69) is 0 Å². The number of carbonyl (C=O) groups excluding carboxylic acids is 1. The molecule has 124 valence electrons. The summed E-state index contributed by atoms with van der Waals surface area (Å²) in [4.78, 5) is 12.9. The first-order chi connectivity index (χ1) is 10.7. The number of hydrogen-bond acceptors (Lipinski definition) is 1. The standard InChI is InChI=1S/C19H34N2O/c22-17-15-20(11-5-1-6-12-20)18-9-3-4-10-19(18)21(16-17)13-7-2-8-14-21/h18-19H,1-16H2/q+2/t18-,19-/m1/s1. The molecule has 0 N–H and O–H groups in total. The van der Waals surface area contributed by atoms with Gasteiger partial charge >= 0.3 is 0 Å². The summed E-state index contributed by atoms with van der Waals surface area (Å²) in [6.07, 6.45) is 13.8. The van der Waals surface area contributed by atoms with Crippen LogP contribution in [0.2, 0.25) is 0 Å². The Kier molecular flexibility index (Phi) is 4.06. The maximum absolute atomic E-state index is 12.9. The molecule has 0 aromatic carbocycles. The lowest BCUT2D eigenvalue weighted by molar-refractivity contribution is -1.00. The molecular formula is C19H34N2O+2. The summed E-state index contributed by atoms with van der Waals surface area (Å²) >= 11 is 0. The monoisotopic (exact) mass is 306 g/mol. The molecule has 4 rings (SSSR count). The fourth-order valence-electron chi connectivity index (χ4n) is 6.62. The fourth-order valence-corrected chi connectivity index (χ4v) is 6.62. The third-order valence-electron chi connectivity index (χ3n) is 7.50. The van der Waals surface area contributed by atoms with Crippen LogP contribution in [0.3, 0.4) is 0 Å². The Morgan fingerprint density at radius 1 is 0.591 bits per heavy atom. The van der Waals surface area contributed by atoms with Crippen LogP contribution < -0.4 is 0 Å². The van der Waals surface area contributed by atoms with E-state index in [1.807, 2.05) is 0 Å². The van der Waals surface area contributed by atoms with Gasteiger partial charge in [-0.15, -0.1) is 0 Å². The predicted octanol–water partition coefficient (Wildman–Crippen LogP) is 2.88. The summed E-state index contributed by atoms with van der Waals surface area (Å²) in [7, 11) is 0. The largest absolute Gasteiger partial charge is 0.310 e. The molecule has 3 nitrogen and oxygen atoms in total. The van der Waals surface area contributed by atoms with E-state index >= 15 is 0 Å². The van der Waals surface area contributed by atoms with E-state index in [9.17, 15) is 4.79 Å². The van der Waals surface area contributed by atoms with Crippen LogP contribution in [0.4, 0.5) is 0 Å². The van der Waals surface area contributed by atoms with Gasteiger partial charge in [-0.25, -0.2) is 0 Å². The Balaban J connectivity index is 1.71. The van der Waals surface area contributed by atoms with Gasteiger partial charge < -0.3 is 8.97 Å². The van der Waals surface area contributed by atoms with Crippen molar-refractivity contribution in [3.8, 4) is 0 Å². The molecule has 0 amide bonds. The van der Waals surface area contributed by atoms with E-state index < -0.39 is 0 Å². The van der Waals surface area contributed by atoms with Crippen LogP contribution in [-0.4, -0.2) is 66.1 Å². The summed E-state index contributed by atoms with van der Waals surface area (Å²) in [5.41, 5.74) is 0. The highest BCUT2D eigenvalue weighted by Gasteiger charge is 2.56. The molecule has 0 unspecified atom stereocenters. The van der Waals surface area contributed by atoms with Gasteiger partial charge in [0.15, 0.2) is 0 Å². The molecule has 2 spiro atoms. The predicted molar refractivity (Wildman–Crippen MR) is 88.5 cm³/mol. The van der Waals surface area contributed by atoms with Crippen LogP contribution in [0.15, 0.2) is 0 Å². The van der Waals surface area contributed by atoms with Crippen molar-refractivity contribution in [3.63, 3.8) is 0 Å². The lowest BCUT2D eigenvalue weighted by Gasteiger charge is -2.54. The zero-order valence-electron chi connectivity index (χ0n) is 14.3. The first-order valence-electron chi connectivity index (χ1n) is 9.97. The molecule has 3 saturated heterocycles. The third-order valence-corrected chi connectivity index (χ3v) is 7.50. The average Bonchev–Trinajstić information content (AvgIpc) is 2.64. The van der Waals surface area contributed by atoms with Gasteiger partial charge in [0.2, 0.25) is 5.78 Å². The highest BCUT2D eigenvalue weighted by molar-refractivity contribution is 5.81. The molecule has 3 heterocycles. The Labute approximate surface area is 135 Å². The average molecular weight is 306 g/mol. The minimum Gasteiger partial charge on any atom is -0.310 e. The Bertz CT molecular complexity index is 383. The van der Waals surface area contributed by atoms with Crippen LogP contribution >= 0.6 is 0 Å². The molecular weight excluding hydrogens is 272 g/mol. The normalized spacial score (nSPS) is 37.7. The molecule has 4 fully saturated rings. The number of nitrogens with zero attached hydrogens (tertiary/aromatic N) is 2. The minimum atomic E-state index is 0.596. The number of rotatable bonds is 0. The SMILES string of the molecule is O=C1C[N+]2(CCCCC2)[C@@H]2CCCC[C@H]2[N+]2(CCCCC2)C1. The maximum atomic E-state index is 12.9. The molecule has 0 bridgehead atoms. The zero-order valence-corrected chi connectivity index (χ0v) is 14.3. The number of carbonyl (C=O) groups is 1. The van der Waals surface area contributed by atoms with Crippen molar-refractivity contribution < 1.29 is 13.8 Å². The smallest absolute Gasteiger partial charge is 0.240 e. The number of fused-ring (bicyclic) bond motifs is 3. The van der Waals surface area contributed by atoms with Crippen molar-refractivity contribution in [1.82, 2.24) is 0 Å². The molecule has 0 aromatic heterocycles.